The van der Waals surface area contributed by atoms with E-state index in [2.05, 4.69) is 19.2 Å². The first-order valence-electron chi connectivity index (χ1n) is 6.81. The van der Waals surface area contributed by atoms with E-state index in [1.807, 2.05) is 0 Å². The lowest BCUT2D eigenvalue weighted by atomic mass is 9.78. The first kappa shape index (κ1) is 15.8. The molecule has 0 bridgehead atoms. The van der Waals surface area contributed by atoms with E-state index in [9.17, 15) is 9.59 Å². The number of carbonyl (C=O) groups excluding carboxylic acids is 1. The second-order valence-electron chi connectivity index (χ2n) is 5.53. The smallest absolute Gasteiger partial charge is 0.332 e. The van der Waals surface area contributed by atoms with Crippen LogP contribution in [-0.4, -0.2) is 52.9 Å². The molecule has 0 radical (unpaired) electrons. The number of nitrogens with one attached hydrogen (secondary N) is 1. The summed E-state index contributed by atoms with van der Waals surface area (Å²) in [4.78, 5) is 24.0. The molecule has 6 nitrogen and oxygen atoms in total. The van der Waals surface area contributed by atoms with Crippen molar-refractivity contribution in [2.45, 2.75) is 45.6 Å². The summed E-state index contributed by atoms with van der Waals surface area (Å²) in [6, 6.07) is -0.171. The fraction of sp³-hybridized carbons (Fsp3) is 0.846. The lowest BCUT2D eigenvalue weighted by molar-refractivity contribution is -0.146. The zero-order valence-corrected chi connectivity index (χ0v) is 11.7. The Morgan fingerprint density at radius 1 is 1.37 bits per heavy atom. The third-order valence-corrected chi connectivity index (χ3v) is 4.09. The maximum atomic E-state index is 11.8. The summed E-state index contributed by atoms with van der Waals surface area (Å²) in [6.07, 6.45) is 1.73. The van der Waals surface area contributed by atoms with Gasteiger partial charge in [0.2, 0.25) is 0 Å². The molecule has 6 heteroatoms. The van der Waals surface area contributed by atoms with Gasteiger partial charge in [-0.25, -0.2) is 9.59 Å². The Bertz CT molecular complexity index is 325. The van der Waals surface area contributed by atoms with E-state index in [1.54, 1.807) is 4.90 Å². The number of amides is 2. The third kappa shape index (κ3) is 4.70. The van der Waals surface area contributed by atoms with Crippen molar-refractivity contribution >= 4 is 12.0 Å². The van der Waals surface area contributed by atoms with E-state index in [0.717, 1.165) is 32.4 Å². The molecule has 0 spiro atoms. The predicted molar refractivity (Wildman–Crippen MR) is 70.9 cm³/mol. The Morgan fingerprint density at radius 2 is 1.95 bits per heavy atom. The minimum atomic E-state index is -1.41. The highest BCUT2D eigenvalue weighted by Gasteiger charge is 2.30. The summed E-state index contributed by atoms with van der Waals surface area (Å²) >= 11 is 0. The van der Waals surface area contributed by atoms with Crippen molar-refractivity contribution in [3.63, 3.8) is 0 Å². The molecule has 0 aromatic heterocycles. The summed E-state index contributed by atoms with van der Waals surface area (Å²) in [5, 5.41) is 20.2. The number of likely N-dealkylation sites (tertiary alicyclic amines) is 1. The van der Waals surface area contributed by atoms with E-state index in [0.29, 0.717) is 5.41 Å². The molecular formula is C13H24N2O4. The van der Waals surface area contributed by atoms with Crippen LogP contribution in [0.1, 0.15) is 39.5 Å². The number of carbonyl (C=O) groups is 2. The highest BCUT2D eigenvalue weighted by atomic mass is 16.4. The van der Waals surface area contributed by atoms with Gasteiger partial charge in [0.25, 0.3) is 0 Å². The summed E-state index contributed by atoms with van der Waals surface area (Å²) in [6.45, 7) is 6.05. The minimum absolute atomic E-state index is 0.0294. The van der Waals surface area contributed by atoms with Gasteiger partial charge in [0.05, 0.1) is 0 Å². The first-order chi connectivity index (χ1) is 8.88. The molecule has 1 saturated heterocycles. The van der Waals surface area contributed by atoms with Gasteiger partial charge in [-0.15, -0.1) is 0 Å². The number of carboxylic acids is 1. The second kappa shape index (κ2) is 6.75. The van der Waals surface area contributed by atoms with E-state index in [-0.39, 0.29) is 19.0 Å². The molecule has 19 heavy (non-hydrogen) atoms. The van der Waals surface area contributed by atoms with E-state index in [4.69, 9.17) is 10.2 Å². The average molecular weight is 272 g/mol. The summed E-state index contributed by atoms with van der Waals surface area (Å²) in [5.74, 6) is -1.26. The molecule has 3 N–H and O–H groups in total. The molecule has 0 saturated carbocycles. The molecule has 1 aliphatic heterocycles. The molecule has 0 aromatic rings. The van der Waals surface area contributed by atoms with Gasteiger partial charge in [0.15, 0.2) is 6.10 Å². The molecule has 1 heterocycles. The number of urea groups is 1. The Labute approximate surface area is 113 Å². The van der Waals surface area contributed by atoms with Gasteiger partial charge in [-0.3, -0.25) is 0 Å². The molecule has 1 rings (SSSR count). The van der Waals surface area contributed by atoms with Crippen molar-refractivity contribution in [3.05, 3.63) is 0 Å². The Balaban J connectivity index is 2.26. The molecule has 1 atom stereocenters. The number of hydrogen-bond acceptors (Lipinski definition) is 3. The monoisotopic (exact) mass is 272 g/mol. The van der Waals surface area contributed by atoms with Crippen LogP contribution in [0, 0.1) is 5.41 Å². The first-order valence-corrected chi connectivity index (χ1v) is 6.81. The third-order valence-electron chi connectivity index (χ3n) is 4.09. The number of hydrogen-bond donors (Lipinski definition) is 3. The van der Waals surface area contributed by atoms with Crippen molar-refractivity contribution in [3.8, 4) is 0 Å². The van der Waals surface area contributed by atoms with Gasteiger partial charge in [0.1, 0.15) is 0 Å². The average Bonchev–Trinajstić information content (AvgIpc) is 2.39. The summed E-state index contributed by atoms with van der Waals surface area (Å²) in [5.41, 5.74) is 0.330. The molecule has 2 amide bonds. The standard InChI is InChI=1S/C13H24N2O4/c1-3-13(2)5-8-15(9-6-13)12(19)14-7-4-10(16)11(17)18/h10,16H,3-9H2,1-2H3,(H,14,19)(H,17,18)/t10-/m0/s1. The number of aliphatic hydroxyl groups is 1. The predicted octanol–water partition coefficient (Wildman–Crippen LogP) is 1.04. The van der Waals surface area contributed by atoms with Crippen LogP contribution >= 0.6 is 0 Å². The normalized spacial score (nSPS) is 19.8. The maximum Gasteiger partial charge on any atom is 0.332 e. The van der Waals surface area contributed by atoms with Crippen LogP contribution in [0.4, 0.5) is 4.79 Å². The van der Waals surface area contributed by atoms with Crippen LogP contribution in [0.25, 0.3) is 0 Å². The van der Waals surface area contributed by atoms with Crippen molar-refractivity contribution in [2.75, 3.05) is 19.6 Å². The molecule has 0 unspecified atom stereocenters. The lowest BCUT2D eigenvalue weighted by Gasteiger charge is -2.38. The minimum Gasteiger partial charge on any atom is -0.479 e. The highest BCUT2D eigenvalue weighted by Crippen LogP contribution is 2.33. The van der Waals surface area contributed by atoms with Crippen LogP contribution in [0.3, 0.4) is 0 Å². The van der Waals surface area contributed by atoms with Gasteiger partial charge in [-0.2, -0.15) is 0 Å². The Morgan fingerprint density at radius 3 is 2.42 bits per heavy atom. The van der Waals surface area contributed by atoms with Gasteiger partial charge in [0, 0.05) is 26.1 Å². The molecule has 0 aliphatic carbocycles. The van der Waals surface area contributed by atoms with E-state index >= 15 is 0 Å². The Kier molecular flexibility index (Phi) is 5.60. The molecule has 1 fully saturated rings. The number of nitrogens with zero attached hydrogens (tertiary/aromatic N) is 1. The molecular weight excluding hydrogens is 248 g/mol. The van der Waals surface area contributed by atoms with E-state index in [1.165, 1.54) is 0 Å². The Hall–Kier alpha value is -1.30. The van der Waals surface area contributed by atoms with Crippen molar-refractivity contribution in [1.29, 1.82) is 0 Å². The number of rotatable bonds is 5. The fourth-order valence-electron chi connectivity index (χ4n) is 2.15. The number of carboxylic acid groups (broad SMARTS) is 1. The number of piperidine rings is 1. The maximum absolute atomic E-state index is 11.8. The van der Waals surface area contributed by atoms with Crippen LogP contribution in [0.15, 0.2) is 0 Å². The number of aliphatic hydroxyl groups excluding tert-OH is 1. The van der Waals surface area contributed by atoms with Crippen LogP contribution < -0.4 is 5.32 Å². The topological polar surface area (TPSA) is 89.9 Å². The molecule has 1 aliphatic rings. The summed E-state index contributed by atoms with van der Waals surface area (Å²) in [7, 11) is 0. The summed E-state index contributed by atoms with van der Waals surface area (Å²) < 4.78 is 0. The zero-order chi connectivity index (χ0) is 14.5. The van der Waals surface area contributed by atoms with Gasteiger partial charge >= 0.3 is 12.0 Å². The van der Waals surface area contributed by atoms with Crippen LogP contribution in [0.5, 0.6) is 0 Å². The second-order valence-corrected chi connectivity index (χ2v) is 5.53. The quantitative estimate of drug-likeness (QED) is 0.697. The van der Waals surface area contributed by atoms with E-state index < -0.39 is 12.1 Å². The fourth-order valence-corrected chi connectivity index (χ4v) is 2.15. The zero-order valence-electron chi connectivity index (χ0n) is 11.7. The van der Waals surface area contributed by atoms with Gasteiger partial charge in [-0.05, 0) is 18.3 Å². The highest BCUT2D eigenvalue weighted by molar-refractivity contribution is 5.74. The lowest BCUT2D eigenvalue weighted by Crippen LogP contribution is -2.47. The van der Waals surface area contributed by atoms with Crippen molar-refractivity contribution in [2.24, 2.45) is 5.41 Å². The van der Waals surface area contributed by atoms with Crippen molar-refractivity contribution in [1.82, 2.24) is 10.2 Å². The molecule has 0 aromatic carbocycles. The van der Waals surface area contributed by atoms with Crippen LogP contribution in [-0.2, 0) is 4.79 Å². The van der Waals surface area contributed by atoms with Gasteiger partial charge in [-0.1, -0.05) is 20.3 Å². The SMILES string of the molecule is CCC1(C)CCN(C(=O)NCC[C@H](O)C(=O)O)CC1. The van der Waals surface area contributed by atoms with Gasteiger partial charge < -0.3 is 20.4 Å². The largest absolute Gasteiger partial charge is 0.479 e. The van der Waals surface area contributed by atoms with Crippen molar-refractivity contribution < 1.29 is 19.8 Å². The van der Waals surface area contributed by atoms with Crippen LogP contribution in [0.2, 0.25) is 0 Å². The molecule has 110 valence electrons. The number of aliphatic carboxylic acids is 1.